The highest BCUT2D eigenvalue weighted by Crippen LogP contribution is 2.28. The zero-order valence-electron chi connectivity index (χ0n) is 12.3. The van der Waals surface area contributed by atoms with Gasteiger partial charge in [0.2, 0.25) is 0 Å². The van der Waals surface area contributed by atoms with E-state index in [1.807, 2.05) is 6.92 Å². The molecule has 1 aromatic heterocycles. The number of aliphatic carboxylic acids is 1. The molecule has 0 atom stereocenters. The number of allylic oxidation sites excluding steroid dienone is 2. The van der Waals surface area contributed by atoms with Gasteiger partial charge in [0.1, 0.15) is 5.42 Å². The van der Waals surface area contributed by atoms with Gasteiger partial charge in [0, 0.05) is 16.7 Å². The van der Waals surface area contributed by atoms with Crippen LogP contribution in [0.5, 0.6) is 5.75 Å². The van der Waals surface area contributed by atoms with Crippen molar-refractivity contribution in [1.29, 1.82) is 0 Å². The molecule has 1 heterocycles. The van der Waals surface area contributed by atoms with Gasteiger partial charge >= 0.3 is 12.6 Å². The monoisotopic (exact) mass is 320 g/mol. The number of alkyl halides is 2. The highest BCUT2D eigenvalue weighted by Gasteiger charge is 2.15. The number of ether oxygens (including phenoxy) is 1. The summed E-state index contributed by atoms with van der Waals surface area (Å²) in [7, 11) is 0. The molecule has 2 aromatic rings. The molecule has 0 aliphatic rings. The molecule has 2 rings (SSSR count). The summed E-state index contributed by atoms with van der Waals surface area (Å²) in [5.41, 5.74) is 0.963. The third-order valence-corrected chi connectivity index (χ3v) is 3.03. The summed E-state index contributed by atoms with van der Waals surface area (Å²) >= 11 is 0. The molecule has 6 heteroatoms. The first kappa shape index (κ1) is 16.5. The van der Waals surface area contributed by atoms with Gasteiger partial charge in [-0.1, -0.05) is 24.8 Å². The van der Waals surface area contributed by atoms with Crippen molar-refractivity contribution in [3.05, 3.63) is 46.6 Å². The van der Waals surface area contributed by atoms with Gasteiger partial charge in [0.25, 0.3) is 0 Å². The molecule has 0 unspecified atom stereocenters. The Morgan fingerprint density at radius 2 is 2.17 bits per heavy atom. The predicted molar refractivity (Wildman–Crippen MR) is 83.6 cm³/mol. The van der Waals surface area contributed by atoms with Crippen LogP contribution in [0.15, 0.2) is 34.8 Å². The largest absolute Gasteiger partial charge is 0.478 e. The van der Waals surface area contributed by atoms with Crippen LogP contribution in [0.4, 0.5) is 8.78 Å². The fourth-order valence-electron chi connectivity index (χ4n) is 2.09. The minimum Gasteiger partial charge on any atom is -0.478 e. The molecule has 0 saturated carbocycles. The zero-order valence-corrected chi connectivity index (χ0v) is 12.3. The Morgan fingerprint density at radius 3 is 2.78 bits per heavy atom. The van der Waals surface area contributed by atoms with Crippen molar-refractivity contribution in [2.45, 2.75) is 13.5 Å². The third-order valence-electron chi connectivity index (χ3n) is 3.03. The van der Waals surface area contributed by atoms with Gasteiger partial charge in [0.15, 0.2) is 11.3 Å². The van der Waals surface area contributed by atoms with Gasteiger partial charge < -0.3 is 14.3 Å². The average Bonchev–Trinajstić information content (AvgIpc) is 2.81. The lowest BCUT2D eigenvalue weighted by atomic mass is 10.1. The van der Waals surface area contributed by atoms with Gasteiger partial charge in [-0.2, -0.15) is 8.78 Å². The fraction of sp³-hybridized carbons (Fsp3) is 0.118. The number of halogens is 2. The van der Waals surface area contributed by atoms with E-state index in [0.717, 1.165) is 6.08 Å². The SMILES string of the molecule is C=c1/c(=C\C=C/C)oc2c(OC(F)F)ccc(/C=C/C(=O)O)c12. The summed E-state index contributed by atoms with van der Waals surface area (Å²) in [5, 5.41) is 9.63. The second kappa shape index (κ2) is 6.91. The maximum absolute atomic E-state index is 12.5. The molecule has 0 fully saturated rings. The summed E-state index contributed by atoms with van der Waals surface area (Å²) in [5.74, 6) is -1.26. The number of carboxylic acids is 1. The lowest BCUT2D eigenvalue weighted by Crippen LogP contribution is -2.17. The molecular formula is C17H14F2O4. The Morgan fingerprint density at radius 1 is 1.43 bits per heavy atom. The van der Waals surface area contributed by atoms with Crippen LogP contribution in [-0.2, 0) is 4.79 Å². The van der Waals surface area contributed by atoms with Gasteiger partial charge in [-0.3, -0.25) is 0 Å². The molecule has 0 spiro atoms. The van der Waals surface area contributed by atoms with Crippen LogP contribution in [0.2, 0.25) is 0 Å². The van der Waals surface area contributed by atoms with E-state index in [-0.39, 0.29) is 11.3 Å². The lowest BCUT2D eigenvalue weighted by molar-refractivity contribution is -0.131. The Balaban J connectivity index is 2.78. The van der Waals surface area contributed by atoms with E-state index in [0.29, 0.717) is 21.6 Å². The van der Waals surface area contributed by atoms with Crippen LogP contribution >= 0.6 is 0 Å². The minimum atomic E-state index is -3.00. The first-order valence-corrected chi connectivity index (χ1v) is 6.67. The van der Waals surface area contributed by atoms with Crippen LogP contribution in [0.3, 0.4) is 0 Å². The summed E-state index contributed by atoms with van der Waals surface area (Å²) in [6, 6.07) is 2.78. The Kier molecular flexibility index (Phi) is 4.95. The van der Waals surface area contributed by atoms with Gasteiger partial charge in [0.05, 0.1) is 0 Å². The molecule has 4 nitrogen and oxygen atoms in total. The maximum Gasteiger partial charge on any atom is 0.387 e. The third kappa shape index (κ3) is 3.66. The smallest absolute Gasteiger partial charge is 0.387 e. The first-order chi connectivity index (χ1) is 10.9. The number of fused-ring (bicyclic) bond motifs is 1. The number of benzene rings is 1. The number of carbonyl (C=O) groups is 1. The van der Waals surface area contributed by atoms with Crippen molar-refractivity contribution < 1.29 is 27.8 Å². The molecule has 1 aromatic carbocycles. The molecule has 0 amide bonds. The summed E-state index contributed by atoms with van der Waals surface area (Å²) in [4.78, 5) is 10.7. The molecule has 0 aliphatic carbocycles. The van der Waals surface area contributed by atoms with Gasteiger partial charge in [-0.25, -0.2) is 4.79 Å². The van der Waals surface area contributed by atoms with Crippen LogP contribution < -0.4 is 15.4 Å². The van der Waals surface area contributed by atoms with E-state index in [9.17, 15) is 13.6 Å². The van der Waals surface area contributed by atoms with Crippen LogP contribution in [0.1, 0.15) is 12.5 Å². The van der Waals surface area contributed by atoms with E-state index in [4.69, 9.17) is 9.52 Å². The van der Waals surface area contributed by atoms with E-state index >= 15 is 0 Å². The van der Waals surface area contributed by atoms with Crippen molar-refractivity contribution in [2.24, 2.45) is 0 Å². The highest BCUT2D eigenvalue weighted by atomic mass is 19.3. The van der Waals surface area contributed by atoms with Crippen molar-refractivity contribution in [1.82, 2.24) is 0 Å². The average molecular weight is 320 g/mol. The van der Waals surface area contributed by atoms with Crippen LogP contribution in [0.25, 0.3) is 29.7 Å². The molecule has 0 saturated heterocycles. The van der Waals surface area contributed by atoms with Crippen molar-refractivity contribution >= 4 is 35.7 Å². The Hall–Kier alpha value is -2.89. The van der Waals surface area contributed by atoms with E-state index in [1.165, 1.54) is 18.2 Å². The molecular weight excluding hydrogens is 306 g/mol. The molecule has 0 aliphatic heterocycles. The number of rotatable bonds is 5. The van der Waals surface area contributed by atoms with E-state index < -0.39 is 12.6 Å². The molecule has 120 valence electrons. The summed E-state index contributed by atoms with van der Waals surface area (Å²) in [6.45, 7) is 2.70. The Bertz CT molecular complexity index is 891. The van der Waals surface area contributed by atoms with Crippen molar-refractivity contribution in [3.63, 3.8) is 0 Å². The summed E-state index contributed by atoms with van der Waals surface area (Å²) in [6.07, 6.45) is 7.42. The molecule has 0 bridgehead atoms. The summed E-state index contributed by atoms with van der Waals surface area (Å²) < 4.78 is 35.1. The van der Waals surface area contributed by atoms with Gasteiger partial charge in [-0.15, -0.1) is 0 Å². The number of furan rings is 1. The minimum absolute atomic E-state index is 0.0959. The van der Waals surface area contributed by atoms with E-state index in [2.05, 4.69) is 11.3 Å². The number of hydrogen-bond acceptors (Lipinski definition) is 3. The lowest BCUT2D eigenvalue weighted by Gasteiger charge is -2.06. The predicted octanol–water partition coefficient (Wildman–Crippen LogP) is 2.90. The van der Waals surface area contributed by atoms with Crippen LogP contribution in [-0.4, -0.2) is 17.7 Å². The second-order valence-electron chi connectivity index (χ2n) is 4.54. The standard InChI is InChI=1S/C17H14F2O4/c1-3-4-5-12-10(2)15-11(7-9-14(20)21)6-8-13(16(15)22-12)23-17(18)19/h3-9,17H,2H2,1H3,(H,20,21)/b4-3-,9-7+,12-5+. The normalized spacial score (nSPS) is 13.0. The quantitative estimate of drug-likeness (QED) is 0.861. The Labute approximate surface area is 130 Å². The molecule has 1 N–H and O–H groups in total. The van der Waals surface area contributed by atoms with Crippen molar-refractivity contribution in [2.75, 3.05) is 0 Å². The number of hydrogen-bond donors (Lipinski definition) is 1. The highest BCUT2D eigenvalue weighted by molar-refractivity contribution is 5.95. The zero-order chi connectivity index (χ0) is 17.0. The first-order valence-electron chi connectivity index (χ1n) is 6.67. The van der Waals surface area contributed by atoms with Crippen LogP contribution in [0, 0.1) is 0 Å². The number of carboxylic acid groups (broad SMARTS) is 1. The van der Waals surface area contributed by atoms with E-state index in [1.54, 1.807) is 18.2 Å². The fourth-order valence-corrected chi connectivity index (χ4v) is 2.09. The maximum atomic E-state index is 12.5. The topological polar surface area (TPSA) is 59.7 Å². The molecule has 0 radical (unpaired) electrons. The van der Waals surface area contributed by atoms with Crippen molar-refractivity contribution in [3.8, 4) is 5.75 Å². The second-order valence-corrected chi connectivity index (χ2v) is 4.54. The van der Waals surface area contributed by atoms with Gasteiger partial charge in [-0.05, 0) is 30.7 Å². The molecule has 23 heavy (non-hydrogen) atoms.